The quantitative estimate of drug-likeness (QED) is 0.422. The Morgan fingerprint density at radius 2 is 1.82 bits per heavy atom. The van der Waals surface area contributed by atoms with Crippen LogP contribution in [-0.4, -0.2) is 43.3 Å². The van der Waals surface area contributed by atoms with E-state index in [-0.39, 0.29) is 22.8 Å². The second kappa shape index (κ2) is 8.43. The highest BCUT2D eigenvalue weighted by Crippen LogP contribution is 2.30. The largest absolute Gasteiger partial charge is 0.471 e. The monoisotopic (exact) mass is 484 g/mol. The lowest BCUT2D eigenvalue weighted by atomic mass is 10.1. The molecule has 4 aromatic rings. The number of amides is 1. The summed E-state index contributed by atoms with van der Waals surface area (Å²) >= 11 is 0. The van der Waals surface area contributed by atoms with Gasteiger partial charge >= 0.3 is 18.2 Å². The Morgan fingerprint density at radius 1 is 1.09 bits per heavy atom. The molecule has 0 aliphatic carbocycles. The lowest BCUT2D eigenvalue weighted by Gasteiger charge is -2.08. The maximum Gasteiger partial charge on any atom is 0.471 e. The molecule has 178 valence electrons. The minimum atomic E-state index is -4.78. The van der Waals surface area contributed by atoms with Crippen molar-refractivity contribution in [2.75, 3.05) is 6.54 Å². The summed E-state index contributed by atoms with van der Waals surface area (Å²) in [6, 6.07) is 5.90. The fraction of sp³-hybridized carbons (Fsp3) is 0.250. The summed E-state index contributed by atoms with van der Waals surface area (Å²) in [5.41, 5.74) is 1.50. The number of fused-ring (bicyclic) bond motifs is 1. The van der Waals surface area contributed by atoms with Crippen molar-refractivity contribution in [2.24, 2.45) is 7.05 Å². The Morgan fingerprint density at radius 3 is 2.50 bits per heavy atom. The molecule has 0 atom stereocenters. The van der Waals surface area contributed by atoms with Gasteiger partial charge < -0.3 is 14.4 Å². The molecular formula is C20H14F6N6O2. The van der Waals surface area contributed by atoms with Crippen molar-refractivity contribution < 1.29 is 35.7 Å². The zero-order valence-corrected chi connectivity index (χ0v) is 17.2. The number of hydrogen-bond acceptors (Lipinski definition) is 6. The molecule has 1 N–H and O–H groups in total. The van der Waals surface area contributed by atoms with Crippen LogP contribution in [0.2, 0.25) is 0 Å². The van der Waals surface area contributed by atoms with Gasteiger partial charge in [-0.25, -0.2) is 0 Å². The maximum atomic E-state index is 12.7. The fourth-order valence-electron chi connectivity index (χ4n) is 3.17. The summed E-state index contributed by atoms with van der Waals surface area (Å²) in [5.74, 6) is -2.44. The topological polar surface area (TPSA) is 98.7 Å². The van der Waals surface area contributed by atoms with E-state index >= 15 is 0 Å². The average molecular weight is 484 g/mol. The first-order valence-corrected chi connectivity index (χ1v) is 9.60. The molecule has 0 spiro atoms. The lowest BCUT2D eigenvalue weighted by Crippen LogP contribution is -2.29. The molecule has 4 aromatic heterocycles. The van der Waals surface area contributed by atoms with Crippen molar-refractivity contribution in [3.63, 3.8) is 0 Å². The van der Waals surface area contributed by atoms with Gasteiger partial charge in [-0.2, -0.15) is 31.3 Å². The molecule has 0 saturated heterocycles. The first kappa shape index (κ1) is 23.2. The predicted octanol–water partition coefficient (Wildman–Crippen LogP) is 4.39. The smallest absolute Gasteiger partial charge is 0.350 e. The summed E-state index contributed by atoms with van der Waals surface area (Å²) in [5, 5.41) is 6.12. The molecule has 0 aromatic carbocycles. The zero-order valence-electron chi connectivity index (χ0n) is 17.2. The van der Waals surface area contributed by atoms with Gasteiger partial charge in [-0.1, -0.05) is 5.16 Å². The van der Waals surface area contributed by atoms with Crippen LogP contribution in [0, 0.1) is 0 Å². The number of carbonyl (C=O) groups is 1. The van der Waals surface area contributed by atoms with E-state index in [1.807, 2.05) is 0 Å². The first-order chi connectivity index (χ1) is 15.9. The molecule has 14 heteroatoms. The summed E-state index contributed by atoms with van der Waals surface area (Å²) in [6.45, 7) is -0.559. The third-order valence-electron chi connectivity index (χ3n) is 4.80. The third kappa shape index (κ3) is 4.84. The molecule has 0 aliphatic heterocycles. The van der Waals surface area contributed by atoms with E-state index in [0.29, 0.717) is 16.6 Å². The number of aryl methyl sites for hydroxylation is 1. The van der Waals surface area contributed by atoms with Crippen molar-refractivity contribution in [3.8, 4) is 22.8 Å². The van der Waals surface area contributed by atoms with E-state index in [1.165, 1.54) is 35.2 Å². The summed E-state index contributed by atoms with van der Waals surface area (Å²) < 4.78 is 80.9. The van der Waals surface area contributed by atoms with E-state index in [4.69, 9.17) is 0 Å². The van der Waals surface area contributed by atoms with Crippen LogP contribution in [0.15, 0.2) is 41.2 Å². The average Bonchev–Trinajstić information content (AvgIpc) is 3.38. The molecule has 0 saturated carbocycles. The van der Waals surface area contributed by atoms with Crippen molar-refractivity contribution >= 4 is 16.8 Å². The van der Waals surface area contributed by atoms with Gasteiger partial charge in [0.1, 0.15) is 5.69 Å². The zero-order chi connectivity index (χ0) is 24.7. The number of carbonyl (C=O) groups excluding carboxylic acids is 1. The Labute approximate surface area is 186 Å². The number of pyridine rings is 2. The molecule has 0 fully saturated rings. The van der Waals surface area contributed by atoms with Crippen LogP contribution >= 0.6 is 0 Å². The van der Waals surface area contributed by atoms with Crippen LogP contribution in [-0.2, 0) is 13.2 Å². The van der Waals surface area contributed by atoms with Crippen LogP contribution in [0.3, 0.4) is 0 Å². The summed E-state index contributed by atoms with van der Waals surface area (Å²) in [7, 11) is 1.57. The van der Waals surface area contributed by atoms with Crippen LogP contribution in [0.4, 0.5) is 26.3 Å². The standard InChI is InChI=1S/C20H14F6N6O2/c1-32-14(17(33)28-5-3-19(21,22)23)8-11-7-13(29-9-15(11)32)12-6-10(2-4-27-12)16-30-18(34-31-16)20(24,25)26/h2,4,6-9H,3,5H2,1H3,(H,28,33). The highest BCUT2D eigenvalue weighted by Gasteiger charge is 2.38. The second-order valence-electron chi connectivity index (χ2n) is 7.19. The molecule has 0 radical (unpaired) electrons. The van der Waals surface area contributed by atoms with E-state index in [2.05, 4.69) is 29.9 Å². The molecule has 34 heavy (non-hydrogen) atoms. The SMILES string of the molecule is Cn1c(C(=O)NCCC(F)(F)F)cc2cc(-c3cc(-c4noc(C(F)(F)F)n4)ccn3)ncc21. The number of rotatable bonds is 5. The van der Waals surface area contributed by atoms with Gasteiger partial charge in [-0.15, -0.1) is 0 Å². The van der Waals surface area contributed by atoms with Gasteiger partial charge in [-0.3, -0.25) is 14.8 Å². The van der Waals surface area contributed by atoms with Crippen molar-refractivity contribution in [1.82, 2.24) is 30.0 Å². The minimum Gasteiger partial charge on any atom is -0.350 e. The number of alkyl halides is 6. The fourth-order valence-corrected chi connectivity index (χ4v) is 3.17. The molecule has 0 aliphatic rings. The normalized spacial score (nSPS) is 12.3. The Balaban J connectivity index is 1.60. The molecule has 8 nitrogen and oxygen atoms in total. The van der Waals surface area contributed by atoms with Crippen LogP contribution < -0.4 is 5.32 Å². The predicted molar refractivity (Wildman–Crippen MR) is 105 cm³/mol. The Kier molecular flexibility index (Phi) is 5.75. The van der Waals surface area contributed by atoms with Crippen molar-refractivity contribution in [2.45, 2.75) is 18.8 Å². The number of nitrogens with one attached hydrogen (secondary N) is 1. The lowest BCUT2D eigenvalue weighted by molar-refractivity contribution is -0.159. The first-order valence-electron chi connectivity index (χ1n) is 9.60. The van der Waals surface area contributed by atoms with E-state index in [9.17, 15) is 31.1 Å². The second-order valence-corrected chi connectivity index (χ2v) is 7.19. The molecule has 0 bridgehead atoms. The van der Waals surface area contributed by atoms with Gasteiger partial charge in [0.05, 0.1) is 29.5 Å². The maximum absolute atomic E-state index is 12.7. The minimum absolute atomic E-state index is 0.129. The van der Waals surface area contributed by atoms with E-state index in [0.717, 1.165) is 0 Å². The van der Waals surface area contributed by atoms with Crippen LogP contribution in [0.25, 0.3) is 33.7 Å². The Bertz CT molecular complexity index is 1360. The summed E-state index contributed by atoms with van der Waals surface area (Å²) in [4.78, 5) is 24.1. The molecule has 4 heterocycles. The molecule has 4 rings (SSSR count). The van der Waals surface area contributed by atoms with Crippen molar-refractivity contribution in [1.29, 1.82) is 0 Å². The molecular weight excluding hydrogens is 470 g/mol. The van der Waals surface area contributed by atoms with Crippen LogP contribution in [0.5, 0.6) is 0 Å². The van der Waals surface area contributed by atoms with E-state index < -0.39 is 37.1 Å². The van der Waals surface area contributed by atoms with Gasteiger partial charge in [0.25, 0.3) is 5.91 Å². The number of halogens is 6. The number of hydrogen-bond donors (Lipinski definition) is 1. The number of nitrogens with zero attached hydrogens (tertiary/aromatic N) is 5. The van der Waals surface area contributed by atoms with Crippen molar-refractivity contribution in [3.05, 3.63) is 48.2 Å². The molecule has 1 amide bonds. The Hall–Kier alpha value is -3.97. The van der Waals surface area contributed by atoms with Crippen LogP contribution in [0.1, 0.15) is 22.8 Å². The number of aromatic nitrogens is 5. The molecule has 0 unspecified atom stereocenters. The van der Waals surface area contributed by atoms with Gasteiger partial charge in [-0.05, 0) is 24.3 Å². The highest BCUT2D eigenvalue weighted by atomic mass is 19.4. The summed E-state index contributed by atoms with van der Waals surface area (Å²) in [6.07, 6.45) is -7.53. The van der Waals surface area contributed by atoms with Gasteiger partial charge in [0.2, 0.25) is 5.82 Å². The van der Waals surface area contributed by atoms with E-state index in [1.54, 1.807) is 13.1 Å². The highest BCUT2D eigenvalue weighted by molar-refractivity contribution is 5.99. The third-order valence-corrected chi connectivity index (χ3v) is 4.80. The van der Waals surface area contributed by atoms with Gasteiger partial charge in [0.15, 0.2) is 0 Å². The van der Waals surface area contributed by atoms with Gasteiger partial charge in [0, 0.05) is 30.7 Å².